The summed E-state index contributed by atoms with van der Waals surface area (Å²) in [5.41, 5.74) is 3.02. The normalized spacial score (nSPS) is 14.4. The van der Waals surface area contributed by atoms with Crippen LogP contribution in [0.25, 0.3) is 0 Å². The van der Waals surface area contributed by atoms with E-state index in [4.69, 9.17) is 0 Å². The fourth-order valence-electron chi connectivity index (χ4n) is 2.98. The van der Waals surface area contributed by atoms with E-state index in [2.05, 4.69) is 13.8 Å². The van der Waals surface area contributed by atoms with Gasteiger partial charge in [0, 0.05) is 5.56 Å². The summed E-state index contributed by atoms with van der Waals surface area (Å²) in [4.78, 5) is 38.3. The average Bonchev–Trinajstić information content (AvgIpc) is 2.53. The van der Waals surface area contributed by atoms with Gasteiger partial charge in [-0.05, 0) is 42.2 Å². The van der Waals surface area contributed by atoms with E-state index >= 15 is 0 Å². The molecule has 4 nitrogen and oxygen atoms in total. The van der Waals surface area contributed by atoms with Gasteiger partial charge in [-0.15, -0.1) is 0 Å². The second kappa shape index (κ2) is 5.47. The highest BCUT2D eigenvalue weighted by molar-refractivity contribution is 6.55. The number of imide groups is 1. The van der Waals surface area contributed by atoms with E-state index in [0.29, 0.717) is 11.6 Å². The molecule has 1 aliphatic heterocycles. The number of ketones is 1. The quantitative estimate of drug-likeness (QED) is 0.630. The van der Waals surface area contributed by atoms with Crippen LogP contribution in [-0.4, -0.2) is 17.6 Å². The number of nitrogens with zero attached hydrogens (tertiary/aromatic N) is 1. The second-order valence-corrected chi connectivity index (χ2v) is 6.02. The fraction of sp³-hybridized carbons (Fsp3) is 0.211. The van der Waals surface area contributed by atoms with Crippen LogP contribution in [0, 0.1) is 6.92 Å². The van der Waals surface area contributed by atoms with Gasteiger partial charge in [0.2, 0.25) is 0 Å². The number of amides is 2. The Morgan fingerprint density at radius 3 is 2.13 bits per heavy atom. The maximum atomic E-state index is 12.7. The summed E-state index contributed by atoms with van der Waals surface area (Å²) in [6.45, 7) is 6.10. The molecule has 116 valence electrons. The van der Waals surface area contributed by atoms with Crippen LogP contribution in [0.5, 0.6) is 0 Å². The molecule has 0 aliphatic carbocycles. The van der Waals surface area contributed by atoms with E-state index in [1.807, 2.05) is 13.0 Å². The Hall–Kier alpha value is -2.75. The minimum absolute atomic E-state index is 0.175. The lowest BCUT2D eigenvalue weighted by Crippen LogP contribution is -2.46. The van der Waals surface area contributed by atoms with Crippen molar-refractivity contribution in [3.05, 3.63) is 64.7 Å². The van der Waals surface area contributed by atoms with Gasteiger partial charge in [0.15, 0.2) is 0 Å². The zero-order valence-corrected chi connectivity index (χ0v) is 13.3. The summed E-state index contributed by atoms with van der Waals surface area (Å²) in [6, 6.07) is 11.8. The zero-order chi connectivity index (χ0) is 16.7. The molecule has 0 atom stereocenters. The molecule has 1 heterocycles. The number of Topliss-reactive ketones (excluding diaryl/α,β-unsaturated/α-hetero) is 1. The molecule has 0 saturated carbocycles. The highest BCUT2D eigenvalue weighted by Crippen LogP contribution is 2.29. The van der Waals surface area contributed by atoms with Gasteiger partial charge in [0.25, 0.3) is 11.7 Å². The van der Waals surface area contributed by atoms with E-state index in [0.717, 1.165) is 16.0 Å². The predicted octanol–water partition coefficient (Wildman–Crippen LogP) is 3.49. The van der Waals surface area contributed by atoms with Crippen LogP contribution in [0.1, 0.15) is 51.6 Å². The number of rotatable bonds is 2. The number of carbonyl (C=O) groups is 3. The molecule has 0 radical (unpaired) electrons. The molecule has 0 bridgehead atoms. The molecule has 23 heavy (non-hydrogen) atoms. The predicted molar refractivity (Wildman–Crippen MR) is 87.9 cm³/mol. The molecule has 2 amide bonds. The third-order valence-electron chi connectivity index (χ3n) is 4.14. The van der Waals surface area contributed by atoms with E-state index in [1.54, 1.807) is 30.3 Å². The minimum atomic E-state index is -0.801. The van der Waals surface area contributed by atoms with E-state index < -0.39 is 17.6 Å². The highest BCUT2D eigenvalue weighted by atomic mass is 16.2. The number of hydrogen-bond acceptors (Lipinski definition) is 3. The molecular weight excluding hydrogens is 290 g/mol. The van der Waals surface area contributed by atoms with Crippen LogP contribution in [0.15, 0.2) is 42.5 Å². The molecule has 3 rings (SSSR count). The fourth-order valence-corrected chi connectivity index (χ4v) is 2.98. The molecular formula is C19H17NO3. The first-order chi connectivity index (χ1) is 10.9. The van der Waals surface area contributed by atoms with Crippen LogP contribution in [0.4, 0.5) is 5.69 Å². The molecule has 0 unspecified atom stereocenters. The van der Waals surface area contributed by atoms with Crippen molar-refractivity contribution in [3.63, 3.8) is 0 Å². The Bertz CT molecular complexity index is 836. The van der Waals surface area contributed by atoms with Crippen molar-refractivity contribution in [1.29, 1.82) is 0 Å². The molecule has 0 spiro atoms. The van der Waals surface area contributed by atoms with Gasteiger partial charge in [-0.2, -0.15) is 0 Å². The minimum Gasteiger partial charge on any atom is -0.283 e. The summed E-state index contributed by atoms with van der Waals surface area (Å²) in [7, 11) is 0. The Balaban J connectivity index is 2.11. The average molecular weight is 307 g/mol. The Morgan fingerprint density at radius 1 is 0.870 bits per heavy atom. The van der Waals surface area contributed by atoms with Crippen molar-refractivity contribution in [1.82, 2.24) is 0 Å². The van der Waals surface area contributed by atoms with Gasteiger partial charge in [-0.3, -0.25) is 14.4 Å². The van der Waals surface area contributed by atoms with E-state index in [-0.39, 0.29) is 11.1 Å². The Morgan fingerprint density at radius 2 is 1.52 bits per heavy atom. The van der Waals surface area contributed by atoms with Crippen LogP contribution in [-0.2, 0) is 4.79 Å². The van der Waals surface area contributed by atoms with Gasteiger partial charge in [-0.25, -0.2) is 4.90 Å². The first-order valence-corrected chi connectivity index (χ1v) is 7.54. The van der Waals surface area contributed by atoms with Gasteiger partial charge in [0.1, 0.15) is 0 Å². The lowest BCUT2D eigenvalue weighted by Gasteiger charge is -2.26. The number of carbonyl (C=O) groups excluding carboxylic acids is 3. The number of benzene rings is 2. The number of aryl methyl sites for hydroxylation is 1. The topological polar surface area (TPSA) is 54.5 Å². The number of anilines is 1. The molecule has 0 aromatic heterocycles. The van der Waals surface area contributed by atoms with E-state index in [9.17, 15) is 14.4 Å². The molecule has 4 heteroatoms. The van der Waals surface area contributed by atoms with Gasteiger partial charge >= 0.3 is 5.91 Å². The van der Waals surface area contributed by atoms with Gasteiger partial charge < -0.3 is 0 Å². The van der Waals surface area contributed by atoms with Crippen molar-refractivity contribution in [2.24, 2.45) is 0 Å². The largest absolute Gasteiger partial charge is 0.306 e. The van der Waals surface area contributed by atoms with Gasteiger partial charge in [-0.1, -0.05) is 38.1 Å². The standard InChI is InChI=1S/C19H17NO3/c1-11(2)14-9-8-13(10-12(14)3)20-18(22)16-7-5-4-6-15(16)17(21)19(20)23/h4-11H,1-3H3. The number of fused-ring (bicyclic) bond motifs is 1. The molecule has 2 aromatic carbocycles. The summed E-state index contributed by atoms with van der Waals surface area (Å²) < 4.78 is 0. The first kappa shape index (κ1) is 15.2. The molecule has 0 fully saturated rings. The van der Waals surface area contributed by atoms with Crippen LogP contribution in [0.3, 0.4) is 0 Å². The Kier molecular flexibility index (Phi) is 3.60. The summed E-state index contributed by atoms with van der Waals surface area (Å²) in [6.07, 6.45) is 0. The second-order valence-electron chi connectivity index (χ2n) is 6.02. The van der Waals surface area contributed by atoms with Gasteiger partial charge in [0.05, 0.1) is 11.3 Å². The smallest absolute Gasteiger partial charge is 0.283 e. The lowest BCUT2D eigenvalue weighted by molar-refractivity contribution is -0.114. The van der Waals surface area contributed by atoms with Crippen molar-refractivity contribution in [2.75, 3.05) is 4.90 Å². The molecule has 1 aliphatic rings. The van der Waals surface area contributed by atoms with Crippen molar-refractivity contribution >= 4 is 23.3 Å². The molecule has 0 saturated heterocycles. The highest BCUT2D eigenvalue weighted by Gasteiger charge is 2.38. The van der Waals surface area contributed by atoms with E-state index in [1.165, 1.54) is 6.07 Å². The van der Waals surface area contributed by atoms with Crippen molar-refractivity contribution in [2.45, 2.75) is 26.7 Å². The van der Waals surface area contributed by atoms with Crippen LogP contribution >= 0.6 is 0 Å². The number of hydrogen-bond donors (Lipinski definition) is 0. The molecule has 0 N–H and O–H groups in total. The van der Waals surface area contributed by atoms with Crippen molar-refractivity contribution in [3.8, 4) is 0 Å². The Labute approximate surface area is 134 Å². The third kappa shape index (κ3) is 2.36. The summed E-state index contributed by atoms with van der Waals surface area (Å²) in [5, 5.41) is 0. The maximum absolute atomic E-state index is 12.7. The summed E-state index contributed by atoms with van der Waals surface area (Å²) >= 11 is 0. The van der Waals surface area contributed by atoms with Crippen LogP contribution in [0.2, 0.25) is 0 Å². The first-order valence-electron chi connectivity index (χ1n) is 7.54. The maximum Gasteiger partial charge on any atom is 0.306 e. The molecule has 2 aromatic rings. The van der Waals surface area contributed by atoms with Crippen molar-refractivity contribution < 1.29 is 14.4 Å². The third-order valence-corrected chi connectivity index (χ3v) is 4.14. The lowest BCUT2D eigenvalue weighted by atomic mass is 9.94. The monoisotopic (exact) mass is 307 g/mol. The van der Waals surface area contributed by atoms with Crippen LogP contribution < -0.4 is 4.90 Å². The zero-order valence-electron chi connectivity index (χ0n) is 13.3. The summed E-state index contributed by atoms with van der Waals surface area (Å²) in [5.74, 6) is -1.56. The SMILES string of the molecule is Cc1cc(N2C(=O)C(=O)c3ccccc3C2=O)ccc1C(C)C.